The van der Waals surface area contributed by atoms with Crippen LogP contribution in [0.5, 0.6) is 0 Å². The maximum absolute atomic E-state index is 14.5. The minimum atomic E-state index is -5.89. The highest BCUT2D eigenvalue weighted by molar-refractivity contribution is 9.10. The number of hydrogen-bond donors (Lipinski definition) is 1. The van der Waals surface area contributed by atoms with E-state index >= 15 is 0 Å². The van der Waals surface area contributed by atoms with Crippen molar-refractivity contribution in [3.05, 3.63) is 34.3 Å². The smallest absolute Gasteiger partial charge is 0.368 e. The topological polar surface area (TPSA) is 70.1 Å². The Kier molecular flexibility index (Phi) is 7.75. The molecule has 27 heavy (non-hydrogen) atoms. The molecular weight excluding hydrogens is 437 g/mol. The third-order valence-electron chi connectivity index (χ3n) is 3.92. The number of benzene rings is 1. The zero-order chi connectivity index (χ0) is 21.0. The van der Waals surface area contributed by atoms with Gasteiger partial charge < -0.3 is 5.73 Å². The minimum Gasteiger partial charge on any atom is -0.368 e. The van der Waals surface area contributed by atoms with Crippen LogP contribution in [0.25, 0.3) is 0 Å². The SMILES string of the molecule is CC(C)C[C@@H](C(N)=O)N(CC#N)[C@@H](c1ccc(Br)cc1)C(F)(F)C(F)(F)F. The molecule has 1 rings (SSSR count). The van der Waals surface area contributed by atoms with Crippen LogP contribution in [0.2, 0.25) is 0 Å². The summed E-state index contributed by atoms with van der Waals surface area (Å²) in [5, 5.41) is 9.03. The molecule has 0 aliphatic heterocycles. The Balaban J connectivity index is 3.62. The van der Waals surface area contributed by atoms with E-state index in [1.807, 2.05) is 0 Å². The quantitative estimate of drug-likeness (QED) is 0.466. The molecule has 0 bridgehead atoms. The van der Waals surface area contributed by atoms with Crippen molar-refractivity contribution in [2.45, 2.75) is 44.5 Å². The van der Waals surface area contributed by atoms with Gasteiger partial charge in [-0.05, 0) is 30.0 Å². The number of amides is 1. The van der Waals surface area contributed by atoms with E-state index in [1.54, 1.807) is 19.9 Å². The van der Waals surface area contributed by atoms with Crippen molar-refractivity contribution >= 4 is 21.8 Å². The van der Waals surface area contributed by atoms with Crippen LogP contribution in [-0.2, 0) is 4.79 Å². The fourth-order valence-electron chi connectivity index (χ4n) is 2.73. The van der Waals surface area contributed by atoms with Crippen molar-refractivity contribution in [2.75, 3.05) is 6.54 Å². The fourth-order valence-corrected chi connectivity index (χ4v) is 3.00. The molecule has 0 aliphatic rings. The van der Waals surface area contributed by atoms with E-state index in [2.05, 4.69) is 15.9 Å². The van der Waals surface area contributed by atoms with Gasteiger partial charge in [0.25, 0.3) is 0 Å². The fraction of sp³-hybridized carbons (Fsp3) is 0.529. The Bertz CT molecular complexity index is 685. The van der Waals surface area contributed by atoms with E-state index in [0.29, 0.717) is 9.37 Å². The molecule has 1 amide bonds. The Labute approximate surface area is 162 Å². The predicted molar refractivity (Wildman–Crippen MR) is 92.6 cm³/mol. The van der Waals surface area contributed by atoms with Gasteiger partial charge in [0.2, 0.25) is 5.91 Å². The Morgan fingerprint density at radius 2 is 1.74 bits per heavy atom. The lowest BCUT2D eigenvalue weighted by atomic mass is 9.93. The highest BCUT2D eigenvalue weighted by Crippen LogP contribution is 2.48. The number of rotatable bonds is 8. The standard InChI is InChI=1S/C17H19BrF5N3O/c1-10(2)9-13(15(25)27)26(8-7-24)14(16(19,20)17(21,22)23)11-3-5-12(18)6-4-11/h3-6,10,13-14H,8-9H2,1-2H3,(H2,25,27)/t13-,14-/m0/s1. The van der Waals surface area contributed by atoms with Crippen LogP contribution in [0.1, 0.15) is 31.9 Å². The van der Waals surface area contributed by atoms with E-state index in [0.717, 1.165) is 12.1 Å². The van der Waals surface area contributed by atoms with Crippen molar-refractivity contribution in [2.24, 2.45) is 11.7 Å². The third kappa shape index (κ3) is 5.62. The number of nitriles is 1. The van der Waals surface area contributed by atoms with Crippen molar-refractivity contribution in [1.29, 1.82) is 5.26 Å². The molecule has 0 fully saturated rings. The van der Waals surface area contributed by atoms with Crippen LogP contribution in [0.4, 0.5) is 22.0 Å². The van der Waals surface area contributed by atoms with Crippen LogP contribution in [0.15, 0.2) is 28.7 Å². The summed E-state index contributed by atoms with van der Waals surface area (Å²) in [4.78, 5) is 12.4. The van der Waals surface area contributed by atoms with Gasteiger partial charge in [-0.25, -0.2) is 0 Å². The minimum absolute atomic E-state index is 0.0714. The normalized spacial score (nSPS) is 14.9. The molecule has 0 heterocycles. The first-order valence-corrected chi connectivity index (χ1v) is 8.74. The zero-order valence-corrected chi connectivity index (χ0v) is 16.2. The van der Waals surface area contributed by atoms with Gasteiger partial charge in [-0.15, -0.1) is 0 Å². The number of hydrogen-bond acceptors (Lipinski definition) is 3. The molecule has 0 aromatic heterocycles. The van der Waals surface area contributed by atoms with Gasteiger partial charge >= 0.3 is 12.1 Å². The first kappa shape index (κ1) is 23.3. The summed E-state index contributed by atoms with van der Waals surface area (Å²) < 4.78 is 69.0. The van der Waals surface area contributed by atoms with Gasteiger partial charge in [-0.2, -0.15) is 27.2 Å². The van der Waals surface area contributed by atoms with Crippen molar-refractivity contribution < 1.29 is 26.7 Å². The summed E-state index contributed by atoms with van der Waals surface area (Å²) in [7, 11) is 0. The molecule has 2 N–H and O–H groups in total. The van der Waals surface area contributed by atoms with E-state index in [4.69, 9.17) is 11.0 Å². The second-order valence-electron chi connectivity index (χ2n) is 6.45. The summed E-state index contributed by atoms with van der Waals surface area (Å²) in [6.07, 6.45) is -5.96. The number of alkyl halides is 5. The van der Waals surface area contributed by atoms with Gasteiger partial charge in [0.1, 0.15) is 6.04 Å². The van der Waals surface area contributed by atoms with Gasteiger partial charge in [0.05, 0.1) is 18.7 Å². The molecule has 10 heteroatoms. The summed E-state index contributed by atoms with van der Waals surface area (Å²) in [6.45, 7) is 2.50. The van der Waals surface area contributed by atoms with Crippen LogP contribution in [0.3, 0.4) is 0 Å². The van der Waals surface area contributed by atoms with Gasteiger partial charge in [-0.3, -0.25) is 9.69 Å². The zero-order valence-electron chi connectivity index (χ0n) is 14.6. The molecule has 4 nitrogen and oxygen atoms in total. The average Bonchev–Trinajstić information content (AvgIpc) is 2.52. The van der Waals surface area contributed by atoms with E-state index in [-0.39, 0.29) is 17.9 Å². The highest BCUT2D eigenvalue weighted by atomic mass is 79.9. The van der Waals surface area contributed by atoms with Crippen LogP contribution < -0.4 is 5.73 Å². The number of nitrogens with zero attached hydrogens (tertiary/aromatic N) is 2. The number of halogens is 6. The molecule has 1 aromatic carbocycles. The molecule has 0 aliphatic carbocycles. The number of primary amides is 1. The average molecular weight is 456 g/mol. The predicted octanol–water partition coefficient (Wildman–Crippen LogP) is 4.41. The van der Waals surface area contributed by atoms with Crippen molar-refractivity contribution in [3.8, 4) is 6.07 Å². The number of carbonyl (C=O) groups excluding carboxylic acids is 1. The molecule has 0 saturated heterocycles. The van der Waals surface area contributed by atoms with Crippen molar-refractivity contribution in [3.63, 3.8) is 0 Å². The maximum atomic E-state index is 14.5. The second kappa shape index (κ2) is 8.97. The molecule has 0 saturated carbocycles. The highest BCUT2D eigenvalue weighted by Gasteiger charge is 2.65. The summed E-state index contributed by atoms with van der Waals surface area (Å²) in [5.74, 6) is -6.52. The lowest BCUT2D eigenvalue weighted by molar-refractivity contribution is -0.306. The lowest BCUT2D eigenvalue weighted by Gasteiger charge is -2.40. The first-order chi connectivity index (χ1) is 12.3. The molecule has 150 valence electrons. The summed E-state index contributed by atoms with van der Waals surface area (Å²) in [5.41, 5.74) is 4.90. The third-order valence-corrected chi connectivity index (χ3v) is 4.44. The summed E-state index contributed by atoms with van der Waals surface area (Å²) in [6, 6.07) is 2.31. The molecule has 1 aromatic rings. The largest absolute Gasteiger partial charge is 0.455 e. The van der Waals surface area contributed by atoms with Crippen LogP contribution in [0, 0.1) is 17.2 Å². The summed E-state index contributed by atoms with van der Waals surface area (Å²) >= 11 is 3.09. The molecular formula is C17H19BrF5N3O. The maximum Gasteiger partial charge on any atom is 0.455 e. The molecule has 2 atom stereocenters. The Morgan fingerprint density at radius 3 is 2.11 bits per heavy atom. The molecule has 0 unspecified atom stereocenters. The monoisotopic (exact) mass is 455 g/mol. The Morgan fingerprint density at radius 1 is 1.22 bits per heavy atom. The van der Waals surface area contributed by atoms with Gasteiger partial charge in [0, 0.05) is 4.47 Å². The van der Waals surface area contributed by atoms with E-state index < -0.39 is 36.6 Å². The number of nitrogens with two attached hydrogens (primary N) is 1. The first-order valence-electron chi connectivity index (χ1n) is 7.95. The number of carbonyl (C=O) groups is 1. The Hall–Kier alpha value is -1.73. The van der Waals surface area contributed by atoms with Crippen molar-refractivity contribution in [1.82, 2.24) is 4.90 Å². The van der Waals surface area contributed by atoms with Gasteiger partial charge in [0.15, 0.2) is 0 Å². The molecule has 0 radical (unpaired) electrons. The van der Waals surface area contributed by atoms with Crippen LogP contribution >= 0.6 is 15.9 Å². The van der Waals surface area contributed by atoms with Gasteiger partial charge in [-0.1, -0.05) is 41.9 Å². The lowest BCUT2D eigenvalue weighted by Crippen LogP contribution is -2.56. The van der Waals surface area contributed by atoms with E-state index in [1.165, 1.54) is 12.1 Å². The molecule has 0 spiro atoms. The van der Waals surface area contributed by atoms with Crippen LogP contribution in [-0.4, -0.2) is 35.5 Å². The van der Waals surface area contributed by atoms with E-state index in [9.17, 15) is 26.7 Å². The second-order valence-corrected chi connectivity index (χ2v) is 7.37.